The zero-order chi connectivity index (χ0) is 31.9. The minimum absolute atomic E-state index is 0.111. The molecule has 0 amide bonds. The van der Waals surface area contributed by atoms with Crippen molar-refractivity contribution in [2.24, 2.45) is 0 Å². The van der Waals surface area contributed by atoms with Gasteiger partial charge in [0.2, 0.25) is 5.75 Å². The first-order valence-corrected chi connectivity index (χ1v) is 15.9. The van der Waals surface area contributed by atoms with Crippen LogP contribution in [0.15, 0.2) is 60.7 Å². The van der Waals surface area contributed by atoms with Gasteiger partial charge >= 0.3 is 0 Å². The van der Waals surface area contributed by atoms with E-state index in [4.69, 9.17) is 28.4 Å². The van der Waals surface area contributed by atoms with Crippen LogP contribution in [0.1, 0.15) is 45.5 Å². The van der Waals surface area contributed by atoms with Crippen molar-refractivity contribution in [3.8, 4) is 46.0 Å². The molecule has 0 spiro atoms. The molecule has 240 valence electrons. The highest BCUT2D eigenvalue weighted by molar-refractivity contribution is 5.63. The van der Waals surface area contributed by atoms with Gasteiger partial charge in [-0.3, -0.25) is 9.80 Å². The average Bonchev–Trinajstić information content (AvgIpc) is 3.07. The monoisotopic (exact) mass is 622 g/mol. The van der Waals surface area contributed by atoms with E-state index in [1.807, 2.05) is 18.2 Å². The molecule has 4 aromatic rings. The summed E-state index contributed by atoms with van der Waals surface area (Å²) in [5.74, 6) is 5.48. The van der Waals surface area contributed by atoms with E-state index in [1.54, 1.807) is 28.4 Å². The molecule has 4 aliphatic heterocycles. The number of benzene rings is 4. The summed E-state index contributed by atoms with van der Waals surface area (Å²) >= 11 is 0. The summed E-state index contributed by atoms with van der Waals surface area (Å²) in [5, 5.41) is 0. The average molecular weight is 623 g/mol. The van der Waals surface area contributed by atoms with E-state index in [2.05, 4.69) is 66.4 Å². The topological polar surface area (TPSA) is 61.9 Å². The fraction of sp³-hybridized carbons (Fsp3) is 0.368. The van der Waals surface area contributed by atoms with Crippen LogP contribution >= 0.6 is 0 Å². The molecule has 0 fully saturated rings. The van der Waals surface area contributed by atoms with Crippen LogP contribution < -0.4 is 28.4 Å². The van der Waals surface area contributed by atoms with Gasteiger partial charge in [0.15, 0.2) is 34.5 Å². The highest BCUT2D eigenvalue weighted by atomic mass is 16.5. The number of hydrogen-bond donors (Lipinski definition) is 0. The molecule has 0 radical (unpaired) electrons. The van der Waals surface area contributed by atoms with E-state index in [1.165, 1.54) is 22.3 Å². The van der Waals surface area contributed by atoms with Crippen molar-refractivity contribution < 1.29 is 28.4 Å². The number of methoxy groups -OCH3 is 4. The number of likely N-dealkylation sites (N-methyl/N-ethyl adjacent to an activating group) is 2. The van der Waals surface area contributed by atoms with Gasteiger partial charge in [0.1, 0.15) is 5.75 Å². The van der Waals surface area contributed by atoms with Gasteiger partial charge < -0.3 is 28.4 Å². The molecule has 46 heavy (non-hydrogen) atoms. The summed E-state index contributed by atoms with van der Waals surface area (Å²) in [6.07, 6.45) is 3.35. The SMILES string of the molecule is COc1ccc2cc1Oc1ccc(cc1)C[C@H]1c3cc(OC)c(OC)c(c3CCN1C)Oc1cc3c(cc1OC)CCN(C)[C@H]3C2. The quantitative estimate of drug-likeness (QED) is 0.238. The van der Waals surface area contributed by atoms with E-state index in [-0.39, 0.29) is 12.1 Å². The van der Waals surface area contributed by atoms with E-state index in [9.17, 15) is 0 Å². The van der Waals surface area contributed by atoms with Crippen LogP contribution in [0.25, 0.3) is 0 Å². The fourth-order valence-electron chi connectivity index (χ4n) is 7.27. The minimum atomic E-state index is 0.111. The maximum Gasteiger partial charge on any atom is 0.204 e. The molecular formula is C38H42N2O6. The number of rotatable bonds is 4. The highest BCUT2D eigenvalue weighted by Crippen LogP contribution is 2.51. The molecule has 4 aromatic carbocycles. The zero-order valence-corrected chi connectivity index (χ0v) is 27.5. The van der Waals surface area contributed by atoms with Crippen LogP contribution in [0.4, 0.5) is 0 Å². The molecule has 0 aromatic heterocycles. The first-order valence-electron chi connectivity index (χ1n) is 15.9. The lowest BCUT2D eigenvalue weighted by molar-refractivity contribution is 0.224. The molecular weight excluding hydrogens is 580 g/mol. The molecule has 10 bridgehead atoms. The largest absolute Gasteiger partial charge is 0.493 e. The lowest BCUT2D eigenvalue weighted by Crippen LogP contribution is -2.34. The predicted octanol–water partition coefficient (Wildman–Crippen LogP) is 7.16. The van der Waals surface area contributed by atoms with Crippen LogP contribution in [0.2, 0.25) is 0 Å². The lowest BCUT2D eigenvalue weighted by Gasteiger charge is -2.37. The van der Waals surface area contributed by atoms with Crippen molar-refractivity contribution in [3.05, 3.63) is 94.0 Å². The van der Waals surface area contributed by atoms with E-state index in [0.717, 1.165) is 55.6 Å². The highest BCUT2D eigenvalue weighted by Gasteiger charge is 2.33. The Hall–Kier alpha value is -4.40. The van der Waals surface area contributed by atoms with Crippen molar-refractivity contribution in [3.63, 3.8) is 0 Å². The Balaban J connectivity index is 1.45. The number of nitrogens with zero attached hydrogens (tertiary/aromatic N) is 2. The van der Waals surface area contributed by atoms with Crippen molar-refractivity contribution in [2.75, 3.05) is 55.6 Å². The Morgan fingerprint density at radius 1 is 0.609 bits per heavy atom. The minimum Gasteiger partial charge on any atom is -0.493 e. The van der Waals surface area contributed by atoms with Gasteiger partial charge in [0, 0.05) is 30.7 Å². The molecule has 0 N–H and O–H groups in total. The van der Waals surface area contributed by atoms with Gasteiger partial charge in [-0.1, -0.05) is 18.2 Å². The maximum atomic E-state index is 6.95. The Bertz CT molecular complexity index is 1750. The van der Waals surface area contributed by atoms with Crippen molar-refractivity contribution in [2.45, 2.75) is 37.8 Å². The third-order valence-electron chi connectivity index (χ3n) is 9.87. The van der Waals surface area contributed by atoms with Gasteiger partial charge in [-0.05, 0) is 110 Å². The molecule has 2 atom stereocenters. The van der Waals surface area contributed by atoms with E-state index >= 15 is 0 Å². The molecule has 4 heterocycles. The molecule has 8 nitrogen and oxygen atoms in total. The van der Waals surface area contributed by atoms with Crippen molar-refractivity contribution in [1.29, 1.82) is 0 Å². The van der Waals surface area contributed by atoms with Crippen LogP contribution in [0, 0.1) is 0 Å². The summed E-state index contributed by atoms with van der Waals surface area (Å²) in [6, 6.07) is 21.3. The zero-order valence-electron chi connectivity index (χ0n) is 27.5. The Morgan fingerprint density at radius 2 is 1.26 bits per heavy atom. The van der Waals surface area contributed by atoms with Gasteiger partial charge in [-0.2, -0.15) is 0 Å². The van der Waals surface area contributed by atoms with Crippen LogP contribution in [0.5, 0.6) is 46.0 Å². The first kappa shape index (κ1) is 30.3. The van der Waals surface area contributed by atoms with Crippen LogP contribution in [-0.4, -0.2) is 65.4 Å². The smallest absolute Gasteiger partial charge is 0.204 e. The second-order valence-electron chi connectivity index (χ2n) is 12.4. The summed E-state index contributed by atoms with van der Waals surface area (Å²) < 4.78 is 37.0. The molecule has 4 aliphatic rings. The van der Waals surface area contributed by atoms with Gasteiger partial charge in [0.25, 0.3) is 0 Å². The molecule has 0 saturated carbocycles. The summed E-state index contributed by atoms with van der Waals surface area (Å²) in [7, 11) is 11.1. The molecule has 8 heteroatoms. The second kappa shape index (κ2) is 12.4. The molecule has 0 saturated heterocycles. The third-order valence-corrected chi connectivity index (χ3v) is 9.87. The number of fused-ring (bicyclic) bond motifs is 2. The normalized spacial score (nSPS) is 19.2. The Kier molecular flexibility index (Phi) is 8.17. The van der Waals surface area contributed by atoms with Crippen LogP contribution in [-0.2, 0) is 25.7 Å². The number of ether oxygens (including phenoxy) is 6. The van der Waals surface area contributed by atoms with E-state index < -0.39 is 0 Å². The van der Waals surface area contributed by atoms with Gasteiger partial charge in [0.05, 0.1) is 28.4 Å². The summed E-state index contributed by atoms with van der Waals surface area (Å²) in [6.45, 7) is 1.83. The first-order chi connectivity index (χ1) is 22.4. The van der Waals surface area contributed by atoms with Crippen molar-refractivity contribution >= 4 is 0 Å². The molecule has 8 rings (SSSR count). The Morgan fingerprint density at radius 3 is 1.98 bits per heavy atom. The summed E-state index contributed by atoms with van der Waals surface area (Å²) in [5.41, 5.74) is 7.17. The van der Waals surface area contributed by atoms with Gasteiger partial charge in [-0.15, -0.1) is 0 Å². The summed E-state index contributed by atoms with van der Waals surface area (Å²) in [4.78, 5) is 4.82. The lowest BCUT2D eigenvalue weighted by atomic mass is 9.87. The third kappa shape index (κ3) is 5.39. The fourth-order valence-corrected chi connectivity index (χ4v) is 7.27. The molecule has 0 unspecified atom stereocenters. The Labute approximate surface area is 271 Å². The van der Waals surface area contributed by atoms with Crippen LogP contribution in [0.3, 0.4) is 0 Å². The maximum absolute atomic E-state index is 6.95. The molecule has 0 aliphatic carbocycles. The van der Waals surface area contributed by atoms with Gasteiger partial charge in [-0.25, -0.2) is 0 Å². The standard InChI is InChI=1S/C38H42N2O6/c1-39-15-13-25-20-33(42-4)35-21-28(25)30(39)18-24-9-12-32(41-3)34(19-24)45-26-10-7-23(8-11-26)17-31-29-22-36(43-5)38(44-6)37(46-35)27(29)14-16-40(31)2/h7-12,19-22,30-31H,13-18H2,1-6H3/t30-,31-/m0/s1. The predicted molar refractivity (Wildman–Crippen MR) is 178 cm³/mol. The number of hydrogen-bond acceptors (Lipinski definition) is 8. The van der Waals surface area contributed by atoms with Crippen molar-refractivity contribution in [1.82, 2.24) is 9.80 Å². The van der Waals surface area contributed by atoms with E-state index in [0.29, 0.717) is 40.2 Å². The second-order valence-corrected chi connectivity index (χ2v) is 12.4.